The van der Waals surface area contributed by atoms with Gasteiger partial charge in [0.15, 0.2) is 0 Å². The number of hydrogen-bond donors (Lipinski definition) is 0. The lowest BCUT2D eigenvalue weighted by Crippen LogP contribution is -2.54. The summed E-state index contributed by atoms with van der Waals surface area (Å²) in [4.78, 5) is 6.42. The SMILES string of the molecule is CC1CCC(N(C2CCCCC2)C2CCC(C3CCC(N(C4CCCCC4)C4CCC(C)C(C)C4)CC3)CC2)CC1C. The van der Waals surface area contributed by atoms with Gasteiger partial charge in [-0.25, -0.2) is 0 Å². The Morgan fingerprint density at radius 2 is 0.595 bits per heavy atom. The summed E-state index contributed by atoms with van der Waals surface area (Å²) in [6.45, 7) is 10.2. The van der Waals surface area contributed by atoms with Crippen LogP contribution in [0.15, 0.2) is 0 Å². The smallest absolute Gasteiger partial charge is 0.0104 e. The van der Waals surface area contributed by atoms with Crippen LogP contribution in [0.4, 0.5) is 0 Å². The van der Waals surface area contributed by atoms with Gasteiger partial charge in [-0.1, -0.05) is 66.2 Å². The Morgan fingerprint density at radius 3 is 0.929 bits per heavy atom. The zero-order valence-electron chi connectivity index (χ0n) is 28.8. The second-order valence-corrected chi connectivity index (χ2v) is 17.5. The largest absolute Gasteiger partial charge is 0.294 e. The van der Waals surface area contributed by atoms with Crippen LogP contribution in [0, 0.1) is 35.5 Å². The van der Waals surface area contributed by atoms with Crippen LogP contribution in [0.3, 0.4) is 0 Å². The number of nitrogens with zero attached hydrogens (tertiary/aromatic N) is 2. The normalized spacial score (nSPS) is 43.6. The van der Waals surface area contributed by atoms with Crippen LogP contribution in [0.1, 0.15) is 182 Å². The van der Waals surface area contributed by atoms with E-state index in [9.17, 15) is 0 Å². The van der Waals surface area contributed by atoms with Crippen molar-refractivity contribution in [2.24, 2.45) is 35.5 Å². The molecule has 0 aromatic heterocycles. The van der Waals surface area contributed by atoms with Gasteiger partial charge in [-0.15, -0.1) is 0 Å². The monoisotopic (exact) mass is 581 g/mol. The average Bonchev–Trinajstić information content (AvgIpc) is 3.03. The summed E-state index contributed by atoms with van der Waals surface area (Å²) in [6.07, 6.45) is 36.1. The predicted molar refractivity (Wildman–Crippen MR) is 181 cm³/mol. The van der Waals surface area contributed by atoms with Crippen molar-refractivity contribution in [3.8, 4) is 0 Å². The molecule has 242 valence electrons. The molecular weight excluding hydrogens is 508 g/mol. The van der Waals surface area contributed by atoms with Crippen LogP contribution in [0.2, 0.25) is 0 Å². The molecule has 6 unspecified atom stereocenters. The van der Waals surface area contributed by atoms with E-state index in [-0.39, 0.29) is 0 Å². The first-order valence-corrected chi connectivity index (χ1v) is 20.0. The van der Waals surface area contributed by atoms with Gasteiger partial charge in [-0.05, 0) is 151 Å². The van der Waals surface area contributed by atoms with Gasteiger partial charge in [-0.2, -0.15) is 0 Å². The van der Waals surface area contributed by atoms with Gasteiger partial charge in [-0.3, -0.25) is 9.80 Å². The summed E-state index contributed by atoms with van der Waals surface area (Å²) in [7, 11) is 0. The molecule has 0 saturated heterocycles. The minimum atomic E-state index is 0.896. The molecule has 2 heteroatoms. The molecule has 2 nitrogen and oxygen atoms in total. The van der Waals surface area contributed by atoms with E-state index in [0.29, 0.717) is 0 Å². The van der Waals surface area contributed by atoms with E-state index in [1.165, 1.54) is 128 Å². The molecule has 6 aliphatic rings. The van der Waals surface area contributed by atoms with E-state index in [0.717, 1.165) is 71.8 Å². The average molecular weight is 581 g/mol. The molecule has 0 spiro atoms. The lowest BCUT2D eigenvalue weighted by Gasteiger charge is -2.51. The fraction of sp³-hybridized carbons (Fsp3) is 1.00. The zero-order chi connectivity index (χ0) is 29.1. The van der Waals surface area contributed by atoms with Crippen molar-refractivity contribution in [3.05, 3.63) is 0 Å². The van der Waals surface area contributed by atoms with Crippen molar-refractivity contribution < 1.29 is 0 Å². The topological polar surface area (TPSA) is 6.48 Å². The van der Waals surface area contributed by atoms with Gasteiger partial charge < -0.3 is 0 Å². The van der Waals surface area contributed by atoms with E-state index in [1.54, 1.807) is 25.7 Å². The first kappa shape index (κ1) is 31.9. The highest BCUT2D eigenvalue weighted by Gasteiger charge is 2.42. The second kappa shape index (κ2) is 15.0. The molecule has 6 aliphatic carbocycles. The molecule has 6 rings (SSSR count). The maximum absolute atomic E-state index is 3.21. The van der Waals surface area contributed by atoms with Gasteiger partial charge in [0, 0.05) is 36.3 Å². The summed E-state index contributed by atoms with van der Waals surface area (Å²) < 4.78 is 0. The molecule has 0 aromatic carbocycles. The van der Waals surface area contributed by atoms with Crippen LogP contribution in [0.25, 0.3) is 0 Å². The van der Waals surface area contributed by atoms with Crippen molar-refractivity contribution in [2.75, 3.05) is 0 Å². The molecule has 0 heterocycles. The molecule has 0 amide bonds. The van der Waals surface area contributed by atoms with Gasteiger partial charge in [0.1, 0.15) is 0 Å². The summed E-state index contributed by atoms with van der Waals surface area (Å²) in [5.74, 6) is 5.82. The molecule has 6 atom stereocenters. The maximum atomic E-state index is 3.21. The highest BCUT2D eigenvalue weighted by molar-refractivity contribution is 4.96. The Kier molecular flexibility index (Phi) is 11.4. The summed E-state index contributed by atoms with van der Waals surface area (Å²) >= 11 is 0. The molecule has 0 aliphatic heterocycles. The maximum Gasteiger partial charge on any atom is 0.0104 e. The Labute approximate surface area is 262 Å². The second-order valence-electron chi connectivity index (χ2n) is 17.5. The van der Waals surface area contributed by atoms with Crippen molar-refractivity contribution in [1.29, 1.82) is 0 Å². The molecule has 0 N–H and O–H groups in total. The molecule has 0 aromatic rings. The quantitative estimate of drug-likeness (QED) is 0.295. The van der Waals surface area contributed by atoms with Crippen LogP contribution in [-0.2, 0) is 0 Å². The number of hydrogen-bond acceptors (Lipinski definition) is 2. The Balaban J connectivity index is 1.04. The number of rotatable bonds is 7. The summed E-state index contributed by atoms with van der Waals surface area (Å²) in [5.41, 5.74) is 0. The van der Waals surface area contributed by atoms with Crippen molar-refractivity contribution >= 4 is 0 Å². The molecule has 0 radical (unpaired) electrons. The molecule has 6 saturated carbocycles. The third-order valence-electron chi connectivity index (χ3n) is 15.0. The zero-order valence-corrected chi connectivity index (χ0v) is 28.8. The van der Waals surface area contributed by atoms with Crippen LogP contribution in [0.5, 0.6) is 0 Å². The fourth-order valence-corrected chi connectivity index (χ4v) is 11.9. The van der Waals surface area contributed by atoms with Crippen molar-refractivity contribution in [3.63, 3.8) is 0 Å². The highest BCUT2D eigenvalue weighted by Crippen LogP contribution is 2.45. The van der Waals surface area contributed by atoms with E-state index >= 15 is 0 Å². The third kappa shape index (κ3) is 7.48. The van der Waals surface area contributed by atoms with Gasteiger partial charge >= 0.3 is 0 Å². The highest BCUT2D eigenvalue weighted by atomic mass is 15.2. The molecule has 42 heavy (non-hydrogen) atoms. The van der Waals surface area contributed by atoms with Gasteiger partial charge in [0.05, 0.1) is 0 Å². The molecular formula is C40H72N2. The van der Waals surface area contributed by atoms with E-state index in [1.807, 2.05) is 0 Å². The Bertz CT molecular complexity index is 715. The molecule has 6 fully saturated rings. The summed E-state index contributed by atoms with van der Waals surface area (Å²) in [6, 6.07) is 5.43. The minimum Gasteiger partial charge on any atom is -0.294 e. The summed E-state index contributed by atoms with van der Waals surface area (Å²) in [5, 5.41) is 0. The lowest BCUT2D eigenvalue weighted by molar-refractivity contribution is -0.0169. The first-order chi connectivity index (χ1) is 20.5. The third-order valence-corrected chi connectivity index (χ3v) is 15.0. The van der Waals surface area contributed by atoms with Crippen LogP contribution in [-0.4, -0.2) is 46.1 Å². The Hall–Kier alpha value is -0.0800. The van der Waals surface area contributed by atoms with E-state index in [4.69, 9.17) is 0 Å². The van der Waals surface area contributed by atoms with Crippen molar-refractivity contribution in [1.82, 2.24) is 9.80 Å². The first-order valence-electron chi connectivity index (χ1n) is 20.0. The van der Waals surface area contributed by atoms with E-state index in [2.05, 4.69) is 37.5 Å². The van der Waals surface area contributed by atoms with Gasteiger partial charge in [0.2, 0.25) is 0 Å². The van der Waals surface area contributed by atoms with E-state index < -0.39 is 0 Å². The van der Waals surface area contributed by atoms with Gasteiger partial charge in [0.25, 0.3) is 0 Å². The van der Waals surface area contributed by atoms with Crippen molar-refractivity contribution in [2.45, 2.75) is 218 Å². The minimum absolute atomic E-state index is 0.896. The Morgan fingerprint density at radius 1 is 0.286 bits per heavy atom. The standard InChI is InChI=1S/C40H72N2/c1-29-15-21-39(27-31(29)3)41(35-11-7-5-8-12-35)37-23-17-33(18-24-37)34-19-25-38(26-20-34)42(36-13-9-6-10-14-36)40-22-16-30(2)32(4)28-40/h29-40H,5-28H2,1-4H3. The van der Waals surface area contributed by atoms with Crippen LogP contribution >= 0.6 is 0 Å². The van der Waals surface area contributed by atoms with Crippen LogP contribution < -0.4 is 0 Å². The predicted octanol–water partition coefficient (Wildman–Crippen LogP) is 11.0. The molecule has 0 bridgehead atoms. The fourth-order valence-electron chi connectivity index (χ4n) is 11.9. The lowest BCUT2D eigenvalue weighted by atomic mass is 9.69.